The molecule has 348 valence electrons. The maximum atomic E-state index is 15.4. The van der Waals surface area contributed by atoms with Crippen molar-refractivity contribution in [3.63, 3.8) is 0 Å². The van der Waals surface area contributed by atoms with E-state index in [9.17, 15) is 14.4 Å². The Labute approximate surface area is 391 Å². The molecule has 1 fully saturated rings. The highest BCUT2D eigenvalue weighted by Crippen LogP contribution is 2.41. The molecule has 0 bridgehead atoms. The summed E-state index contributed by atoms with van der Waals surface area (Å²) in [6.45, 7) is 3.76. The summed E-state index contributed by atoms with van der Waals surface area (Å²) in [5.74, 6) is -1.57. The van der Waals surface area contributed by atoms with E-state index in [1.54, 1.807) is 30.3 Å². The van der Waals surface area contributed by atoms with Crippen LogP contribution in [-0.2, 0) is 59.8 Å². The van der Waals surface area contributed by atoms with E-state index in [-0.39, 0.29) is 61.3 Å². The van der Waals surface area contributed by atoms with Gasteiger partial charge in [-0.25, -0.2) is 0 Å². The summed E-state index contributed by atoms with van der Waals surface area (Å²) in [7, 11) is 0. The Morgan fingerprint density at radius 1 is 0.529 bits per heavy atom. The number of carbonyl (C=O) groups is 3. The highest BCUT2D eigenvalue weighted by atomic mass is 16.7. The number of hydrogen-bond donors (Lipinski definition) is 0. The van der Waals surface area contributed by atoms with Crippen LogP contribution in [0.15, 0.2) is 161 Å². The standard InChI is InChI=1S/C54H48O14/c1-34(55)64-47-33-63-54(53(66-36(3)57)51(47)65-35(2)56)68-52-49(58)48-45(62-32-40-22-14-7-15-23-40)27-42(59-29-37-16-8-4-9-17-37)28-46(48)67-50(52)41-24-25-43(60-30-38-18-10-5-11-19-38)44(26-41)61-31-39-20-12-6-13-21-39/h4-28,47,51,53-54H,29-33H2,1-3H3/t47-,51?,53?,54-/m0/s1. The van der Waals surface area contributed by atoms with E-state index in [4.69, 9.17) is 47.0 Å². The Hall–Kier alpha value is -8.10. The van der Waals surface area contributed by atoms with Gasteiger partial charge in [-0.2, -0.15) is 0 Å². The van der Waals surface area contributed by atoms with E-state index in [0.29, 0.717) is 22.8 Å². The molecule has 2 heterocycles. The van der Waals surface area contributed by atoms with Gasteiger partial charge in [0.1, 0.15) is 48.9 Å². The van der Waals surface area contributed by atoms with Gasteiger partial charge in [0.25, 0.3) is 0 Å². The molecule has 7 aromatic rings. The molecule has 0 amide bonds. The Morgan fingerprint density at radius 3 is 1.54 bits per heavy atom. The van der Waals surface area contributed by atoms with Crippen LogP contribution >= 0.6 is 0 Å². The number of fused-ring (bicyclic) bond motifs is 1. The number of esters is 3. The third-order valence-corrected chi connectivity index (χ3v) is 10.6. The minimum Gasteiger partial charge on any atom is -0.489 e. The Kier molecular flexibility index (Phi) is 15.0. The van der Waals surface area contributed by atoms with E-state index in [1.807, 2.05) is 121 Å². The van der Waals surface area contributed by atoms with E-state index in [1.165, 1.54) is 6.92 Å². The molecule has 68 heavy (non-hydrogen) atoms. The van der Waals surface area contributed by atoms with Crippen LogP contribution in [-0.4, -0.2) is 49.1 Å². The summed E-state index contributed by atoms with van der Waals surface area (Å²) in [5.41, 5.74) is 3.23. The zero-order valence-electron chi connectivity index (χ0n) is 37.5. The summed E-state index contributed by atoms with van der Waals surface area (Å²) in [5, 5.41) is -0.00993. The normalized spacial score (nSPS) is 16.5. The second-order valence-electron chi connectivity index (χ2n) is 15.8. The lowest BCUT2D eigenvalue weighted by Gasteiger charge is -2.40. The van der Waals surface area contributed by atoms with Crippen molar-refractivity contribution in [3.8, 4) is 40.1 Å². The molecule has 4 atom stereocenters. The smallest absolute Gasteiger partial charge is 0.303 e. The van der Waals surface area contributed by atoms with Crippen LogP contribution in [0, 0.1) is 0 Å². The third kappa shape index (κ3) is 11.8. The molecule has 14 heteroatoms. The minimum atomic E-state index is -1.61. The summed E-state index contributed by atoms with van der Waals surface area (Å²) in [6, 6.07) is 46.4. The number of ether oxygens (including phenoxy) is 9. The van der Waals surface area contributed by atoms with E-state index >= 15 is 4.79 Å². The second-order valence-corrected chi connectivity index (χ2v) is 15.8. The van der Waals surface area contributed by atoms with Crippen molar-refractivity contribution in [1.82, 2.24) is 0 Å². The fraction of sp³-hybridized carbons (Fsp3) is 0.222. The molecular formula is C54H48O14. The summed E-state index contributed by atoms with van der Waals surface area (Å²) >= 11 is 0. The molecule has 1 aliphatic heterocycles. The van der Waals surface area contributed by atoms with Crippen LogP contribution in [0.1, 0.15) is 43.0 Å². The van der Waals surface area contributed by atoms with E-state index in [0.717, 1.165) is 36.1 Å². The Bertz CT molecular complexity index is 2890. The number of carbonyl (C=O) groups excluding carboxylic acids is 3. The van der Waals surface area contributed by atoms with Gasteiger partial charge < -0.3 is 47.0 Å². The number of hydrogen-bond acceptors (Lipinski definition) is 14. The molecule has 1 saturated heterocycles. The largest absolute Gasteiger partial charge is 0.489 e. The van der Waals surface area contributed by atoms with Crippen molar-refractivity contribution in [2.75, 3.05) is 6.61 Å². The van der Waals surface area contributed by atoms with Gasteiger partial charge in [0.2, 0.25) is 23.6 Å². The fourth-order valence-electron chi connectivity index (χ4n) is 7.49. The molecule has 14 nitrogen and oxygen atoms in total. The maximum absolute atomic E-state index is 15.4. The lowest BCUT2D eigenvalue weighted by atomic mass is 10.0. The molecule has 0 aliphatic carbocycles. The average Bonchev–Trinajstić information content (AvgIpc) is 3.34. The Morgan fingerprint density at radius 2 is 1.01 bits per heavy atom. The van der Waals surface area contributed by atoms with Crippen molar-refractivity contribution in [1.29, 1.82) is 0 Å². The van der Waals surface area contributed by atoms with Crippen molar-refractivity contribution < 1.29 is 61.4 Å². The van der Waals surface area contributed by atoms with Crippen molar-refractivity contribution in [2.24, 2.45) is 0 Å². The quantitative estimate of drug-likeness (QED) is 0.0591. The molecule has 6 aromatic carbocycles. The van der Waals surface area contributed by atoms with Gasteiger partial charge in [-0.15, -0.1) is 0 Å². The summed E-state index contributed by atoms with van der Waals surface area (Å²) < 4.78 is 61.4. The molecule has 0 N–H and O–H groups in total. The first-order valence-electron chi connectivity index (χ1n) is 21.8. The maximum Gasteiger partial charge on any atom is 0.303 e. The second kappa shape index (κ2) is 21.9. The zero-order chi connectivity index (χ0) is 47.4. The van der Waals surface area contributed by atoms with Crippen LogP contribution in [0.2, 0.25) is 0 Å². The predicted molar refractivity (Wildman–Crippen MR) is 248 cm³/mol. The van der Waals surface area contributed by atoms with Crippen molar-refractivity contribution in [3.05, 3.63) is 184 Å². The lowest BCUT2D eigenvalue weighted by molar-refractivity contribution is -0.260. The van der Waals surface area contributed by atoms with Gasteiger partial charge in [0, 0.05) is 38.5 Å². The van der Waals surface area contributed by atoms with Gasteiger partial charge in [0.05, 0.1) is 6.61 Å². The molecule has 0 saturated carbocycles. The molecule has 8 rings (SSSR count). The van der Waals surface area contributed by atoms with E-state index < -0.39 is 47.9 Å². The van der Waals surface area contributed by atoms with Crippen molar-refractivity contribution >= 4 is 28.9 Å². The first-order valence-corrected chi connectivity index (χ1v) is 21.8. The Balaban J connectivity index is 1.28. The predicted octanol–water partition coefficient (Wildman–Crippen LogP) is 9.31. The highest BCUT2D eigenvalue weighted by molar-refractivity contribution is 5.89. The molecular weight excluding hydrogens is 873 g/mol. The van der Waals surface area contributed by atoms with Crippen LogP contribution < -0.4 is 29.1 Å². The monoisotopic (exact) mass is 920 g/mol. The molecule has 1 aliphatic rings. The minimum absolute atomic E-state index is 0.00993. The molecule has 0 spiro atoms. The van der Waals surface area contributed by atoms with Gasteiger partial charge >= 0.3 is 17.9 Å². The van der Waals surface area contributed by atoms with E-state index in [2.05, 4.69) is 0 Å². The molecule has 1 aromatic heterocycles. The molecule has 0 radical (unpaired) electrons. The van der Waals surface area contributed by atoms with Gasteiger partial charge in [-0.3, -0.25) is 19.2 Å². The van der Waals surface area contributed by atoms with Gasteiger partial charge in [0.15, 0.2) is 29.5 Å². The lowest BCUT2D eigenvalue weighted by Crippen LogP contribution is -2.59. The number of rotatable bonds is 18. The van der Waals surface area contributed by atoms with Crippen LogP contribution in [0.5, 0.6) is 28.7 Å². The topological polar surface area (TPSA) is 164 Å². The van der Waals surface area contributed by atoms with Gasteiger partial charge in [-0.05, 0) is 40.5 Å². The third-order valence-electron chi connectivity index (χ3n) is 10.6. The zero-order valence-corrected chi connectivity index (χ0v) is 37.5. The summed E-state index contributed by atoms with van der Waals surface area (Å²) in [4.78, 5) is 52.7. The fourth-order valence-corrected chi connectivity index (χ4v) is 7.49. The van der Waals surface area contributed by atoms with Crippen LogP contribution in [0.3, 0.4) is 0 Å². The molecule has 2 unspecified atom stereocenters. The first-order chi connectivity index (χ1) is 33.1. The SMILES string of the molecule is CC(=O)OC1C(OC(C)=O)[C@@H](OC(C)=O)CO[C@H]1Oc1c(-c2ccc(OCc3ccccc3)c(OCc3ccccc3)c2)oc2cc(OCc3ccccc3)cc(OCc3ccccc3)c2c1=O. The summed E-state index contributed by atoms with van der Waals surface area (Å²) in [6.07, 6.45) is -5.76. The van der Waals surface area contributed by atoms with Crippen LogP contribution in [0.25, 0.3) is 22.3 Å². The van der Waals surface area contributed by atoms with Gasteiger partial charge in [-0.1, -0.05) is 121 Å². The van der Waals surface area contributed by atoms with Crippen LogP contribution in [0.4, 0.5) is 0 Å². The highest BCUT2D eigenvalue weighted by Gasteiger charge is 2.49. The number of benzene rings is 6. The van der Waals surface area contributed by atoms with Crippen molar-refractivity contribution in [2.45, 2.75) is 71.8 Å². The average molecular weight is 921 g/mol. The first kappa shape index (κ1) is 46.4.